The molecular weight excluding hydrogens is 374 g/mol. The van der Waals surface area contributed by atoms with Crippen LogP contribution in [0.4, 0.5) is 10.5 Å². The molecule has 1 aliphatic heterocycles. The van der Waals surface area contributed by atoms with Gasteiger partial charge in [0.2, 0.25) is 5.91 Å². The number of carbonyl (C=O) groups is 3. The molecule has 152 valence electrons. The van der Waals surface area contributed by atoms with Gasteiger partial charge in [0.15, 0.2) is 0 Å². The van der Waals surface area contributed by atoms with Crippen LogP contribution in [0, 0.1) is 0 Å². The average molecular weight is 397 g/mol. The maximum atomic E-state index is 12.6. The molecule has 0 saturated carbocycles. The van der Waals surface area contributed by atoms with Crippen molar-refractivity contribution < 1.29 is 23.9 Å². The number of para-hydroxylation sites is 2. The maximum absolute atomic E-state index is 12.6. The summed E-state index contributed by atoms with van der Waals surface area (Å²) < 4.78 is 10.3. The fraction of sp³-hybridized carbons (Fsp3) is 0.286. The molecule has 2 aromatic carbocycles. The number of methoxy groups -OCH3 is 2. The van der Waals surface area contributed by atoms with Crippen molar-refractivity contribution in [2.45, 2.75) is 18.9 Å². The molecule has 8 nitrogen and oxygen atoms in total. The first-order chi connectivity index (χ1) is 14.0. The van der Waals surface area contributed by atoms with E-state index in [4.69, 9.17) is 9.47 Å². The number of imide groups is 1. The van der Waals surface area contributed by atoms with Crippen LogP contribution in [-0.4, -0.2) is 49.6 Å². The topological polar surface area (TPSA) is 97.0 Å². The zero-order chi connectivity index (χ0) is 20.8. The van der Waals surface area contributed by atoms with Crippen molar-refractivity contribution in [3.8, 4) is 11.5 Å². The fourth-order valence-electron chi connectivity index (χ4n) is 3.09. The number of anilines is 1. The van der Waals surface area contributed by atoms with E-state index in [9.17, 15) is 14.4 Å². The first-order valence-electron chi connectivity index (χ1n) is 9.19. The Hall–Kier alpha value is -3.55. The molecule has 0 bridgehead atoms. The summed E-state index contributed by atoms with van der Waals surface area (Å²) in [6.07, 6.45) is 0.366. The molecular formula is C21H23N3O5. The Bertz CT molecular complexity index is 897. The molecule has 1 saturated heterocycles. The highest BCUT2D eigenvalue weighted by Crippen LogP contribution is 2.23. The molecule has 3 rings (SSSR count). The van der Waals surface area contributed by atoms with Crippen LogP contribution in [-0.2, 0) is 16.0 Å². The summed E-state index contributed by atoms with van der Waals surface area (Å²) in [6.45, 7) is 0.238. The van der Waals surface area contributed by atoms with Crippen molar-refractivity contribution in [3.05, 3.63) is 54.1 Å². The van der Waals surface area contributed by atoms with E-state index in [-0.39, 0.29) is 18.9 Å². The van der Waals surface area contributed by atoms with Gasteiger partial charge in [0.05, 0.1) is 26.3 Å². The number of hydrogen-bond donors (Lipinski definition) is 2. The summed E-state index contributed by atoms with van der Waals surface area (Å²) in [5.74, 6) is 0.470. The Morgan fingerprint density at radius 1 is 1.07 bits per heavy atom. The van der Waals surface area contributed by atoms with E-state index in [1.54, 1.807) is 31.4 Å². The van der Waals surface area contributed by atoms with Crippen LogP contribution in [0.25, 0.3) is 0 Å². The largest absolute Gasteiger partial charge is 0.497 e. The van der Waals surface area contributed by atoms with Crippen LogP contribution in [0.3, 0.4) is 0 Å². The Morgan fingerprint density at radius 2 is 1.79 bits per heavy atom. The second kappa shape index (κ2) is 9.09. The second-order valence-corrected chi connectivity index (χ2v) is 6.54. The van der Waals surface area contributed by atoms with Crippen molar-refractivity contribution in [3.63, 3.8) is 0 Å². The third-order valence-electron chi connectivity index (χ3n) is 4.66. The number of amides is 4. The van der Waals surface area contributed by atoms with E-state index in [0.29, 0.717) is 17.9 Å². The normalized spacial score (nSPS) is 15.8. The Labute approximate surface area is 168 Å². The molecule has 0 aliphatic carbocycles. The highest BCUT2D eigenvalue weighted by Gasteiger charge is 2.38. The number of ether oxygens (including phenoxy) is 2. The smallest absolute Gasteiger partial charge is 0.324 e. The first-order valence-corrected chi connectivity index (χ1v) is 9.19. The highest BCUT2D eigenvalue weighted by molar-refractivity contribution is 6.07. The third-order valence-corrected chi connectivity index (χ3v) is 4.66. The molecule has 29 heavy (non-hydrogen) atoms. The minimum Gasteiger partial charge on any atom is -0.497 e. The van der Waals surface area contributed by atoms with Crippen molar-refractivity contribution in [1.29, 1.82) is 0 Å². The van der Waals surface area contributed by atoms with Gasteiger partial charge in [0.25, 0.3) is 5.91 Å². The summed E-state index contributed by atoms with van der Waals surface area (Å²) in [4.78, 5) is 38.2. The lowest BCUT2D eigenvalue weighted by Crippen LogP contribution is -2.35. The van der Waals surface area contributed by atoms with Gasteiger partial charge in [-0.2, -0.15) is 0 Å². The van der Waals surface area contributed by atoms with E-state index in [1.165, 1.54) is 7.11 Å². The summed E-state index contributed by atoms with van der Waals surface area (Å²) in [7, 11) is 3.10. The minimum absolute atomic E-state index is 0.151. The molecule has 0 radical (unpaired) electrons. The van der Waals surface area contributed by atoms with E-state index < -0.39 is 18.0 Å². The van der Waals surface area contributed by atoms with Gasteiger partial charge in [-0.1, -0.05) is 24.3 Å². The van der Waals surface area contributed by atoms with Gasteiger partial charge in [-0.15, -0.1) is 0 Å². The number of nitrogens with zero attached hydrogens (tertiary/aromatic N) is 1. The van der Waals surface area contributed by atoms with Gasteiger partial charge in [-0.3, -0.25) is 14.5 Å². The molecule has 1 aliphatic rings. The molecule has 1 fully saturated rings. The van der Waals surface area contributed by atoms with Gasteiger partial charge >= 0.3 is 6.03 Å². The maximum Gasteiger partial charge on any atom is 0.324 e. The second-order valence-electron chi connectivity index (χ2n) is 6.54. The number of urea groups is 1. The van der Waals surface area contributed by atoms with Crippen LogP contribution in [0.2, 0.25) is 0 Å². The quantitative estimate of drug-likeness (QED) is 0.666. The molecule has 1 heterocycles. The summed E-state index contributed by atoms with van der Waals surface area (Å²) >= 11 is 0. The van der Waals surface area contributed by atoms with Crippen molar-refractivity contribution in [1.82, 2.24) is 10.2 Å². The lowest BCUT2D eigenvalue weighted by Gasteiger charge is -2.14. The summed E-state index contributed by atoms with van der Waals surface area (Å²) in [5, 5.41) is 5.29. The molecule has 8 heteroatoms. The van der Waals surface area contributed by atoms with E-state index in [0.717, 1.165) is 16.2 Å². The van der Waals surface area contributed by atoms with Crippen LogP contribution in [0.5, 0.6) is 11.5 Å². The minimum atomic E-state index is -0.881. The average Bonchev–Trinajstić information content (AvgIpc) is 2.99. The van der Waals surface area contributed by atoms with Crippen LogP contribution in [0.15, 0.2) is 48.5 Å². The number of benzene rings is 2. The van der Waals surface area contributed by atoms with Gasteiger partial charge in [0.1, 0.15) is 17.5 Å². The molecule has 0 aromatic heterocycles. The summed E-state index contributed by atoms with van der Waals surface area (Å²) in [6, 6.07) is 13.0. The number of hydrogen-bond acceptors (Lipinski definition) is 5. The first kappa shape index (κ1) is 20.2. The number of rotatable bonds is 8. The number of carbonyl (C=O) groups excluding carboxylic acids is 3. The van der Waals surface area contributed by atoms with Crippen molar-refractivity contribution in [2.75, 3.05) is 26.1 Å². The van der Waals surface area contributed by atoms with Gasteiger partial charge in [0, 0.05) is 6.54 Å². The zero-order valence-electron chi connectivity index (χ0n) is 16.3. The molecule has 2 N–H and O–H groups in total. The van der Waals surface area contributed by atoms with Crippen LogP contribution in [0.1, 0.15) is 12.0 Å². The Balaban J connectivity index is 1.55. The van der Waals surface area contributed by atoms with Crippen LogP contribution < -0.4 is 20.1 Å². The van der Waals surface area contributed by atoms with E-state index >= 15 is 0 Å². The van der Waals surface area contributed by atoms with Crippen molar-refractivity contribution in [2.24, 2.45) is 0 Å². The fourth-order valence-corrected chi connectivity index (χ4v) is 3.09. The standard InChI is InChI=1S/C21H23N3O5/c1-28-15-9-7-14(8-10-15)11-12-24-20(26)17(23-21(24)27)13-19(25)22-16-5-3-4-6-18(16)29-2/h3-10,17H,11-13H2,1-2H3,(H,22,25)(H,23,27)/t17-/m1/s1. The Morgan fingerprint density at radius 3 is 2.48 bits per heavy atom. The van der Waals surface area contributed by atoms with Gasteiger partial charge in [-0.25, -0.2) is 4.79 Å². The van der Waals surface area contributed by atoms with Gasteiger partial charge < -0.3 is 20.1 Å². The predicted molar refractivity (Wildman–Crippen MR) is 107 cm³/mol. The molecule has 2 aromatic rings. The van der Waals surface area contributed by atoms with E-state index in [1.807, 2.05) is 24.3 Å². The predicted octanol–water partition coefficient (Wildman–Crippen LogP) is 2.20. The summed E-state index contributed by atoms with van der Waals surface area (Å²) in [5.41, 5.74) is 1.48. The molecule has 4 amide bonds. The monoisotopic (exact) mass is 397 g/mol. The van der Waals surface area contributed by atoms with Gasteiger partial charge in [-0.05, 0) is 36.2 Å². The van der Waals surface area contributed by atoms with Crippen LogP contribution >= 0.6 is 0 Å². The number of nitrogens with one attached hydrogen (secondary N) is 2. The van der Waals surface area contributed by atoms with E-state index in [2.05, 4.69) is 10.6 Å². The zero-order valence-corrected chi connectivity index (χ0v) is 16.3. The third kappa shape index (κ3) is 4.84. The lowest BCUT2D eigenvalue weighted by molar-refractivity contribution is -0.129. The highest BCUT2D eigenvalue weighted by atomic mass is 16.5. The Kier molecular flexibility index (Phi) is 6.33. The lowest BCUT2D eigenvalue weighted by atomic mass is 10.1. The molecule has 0 unspecified atom stereocenters. The SMILES string of the molecule is COc1ccc(CCN2C(=O)N[C@H](CC(=O)Nc3ccccc3OC)C2=O)cc1. The molecule has 1 atom stereocenters. The molecule has 0 spiro atoms. The van der Waals surface area contributed by atoms with Crippen molar-refractivity contribution >= 4 is 23.5 Å².